The zero-order valence-electron chi connectivity index (χ0n) is 9.86. The molecule has 16 heavy (non-hydrogen) atoms. The van der Waals surface area contributed by atoms with E-state index in [1.807, 2.05) is 25.6 Å². The number of nitrogens with one attached hydrogen (secondary N) is 1. The highest BCUT2D eigenvalue weighted by Gasteiger charge is 2.25. The molecule has 1 aliphatic rings. The van der Waals surface area contributed by atoms with Gasteiger partial charge in [-0.3, -0.25) is 4.79 Å². The normalized spacial score (nSPS) is 22.1. The number of hydrogen-bond donors (Lipinski definition) is 2. The zero-order valence-corrected chi connectivity index (χ0v) is 11.5. The van der Waals surface area contributed by atoms with Crippen LogP contribution in [0.25, 0.3) is 0 Å². The molecule has 2 unspecified atom stereocenters. The number of hydrogen-bond acceptors (Lipinski definition) is 3. The van der Waals surface area contributed by atoms with Crippen molar-refractivity contribution in [3.8, 4) is 0 Å². The maximum absolute atomic E-state index is 11.9. The fourth-order valence-electron chi connectivity index (χ4n) is 1.89. The minimum atomic E-state index is -0.332. The molecule has 0 saturated carbocycles. The lowest BCUT2D eigenvalue weighted by molar-refractivity contribution is -0.123. The molecule has 1 amide bonds. The second-order valence-electron chi connectivity index (χ2n) is 4.50. The number of thioether (sulfide) groups is 1. The van der Waals surface area contributed by atoms with Gasteiger partial charge in [-0.25, -0.2) is 0 Å². The van der Waals surface area contributed by atoms with E-state index in [4.69, 9.17) is 18.0 Å². The third kappa shape index (κ3) is 3.94. The van der Waals surface area contributed by atoms with Gasteiger partial charge in [0.05, 0.1) is 10.9 Å². The van der Waals surface area contributed by atoms with E-state index in [0.717, 1.165) is 6.54 Å². The summed E-state index contributed by atoms with van der Waals surface area (Å²) in [5.41, 5.74) is 5.59. The monoisotopic (exact) mass is 260 g/mol. The van der Waals surface area contributed by atoms with Crippen LogP contribution < -0.4 is 11.1 Å². The third-order valence-electron chi connectivity index (χ3n) is 2.78. The largest absolute Gasteiger partial charge is 0.393 e. The highest BCUT2D eigenvalue weighted by molar-refractivity contribution is 8.00. The summed E-state index contributed by atoms with van der Waals surface area (Å²) in [4.78, 5) is 12.2. The van der Waals surface area contributed by atoms with Crippen LogP contribution >= 0.6 is 24.0 Å². The van der Waals surface area contributed by atoms with Crippen molar-refractivity contribution in [1.82, 2.24) is 5.32 Å². The van der Waals surface area contributed by atoms with Crippen LogP contribution in [0.2, 0.25) is 0 Å². The van der Waals surface area contributed by atoms with E-state index in [1.165, 1.54) is 18.6 Å². The summed E-state index contributed by atoms with van der Waals surface area (Å²) in [6.45, 7) is 4.68. The van der Waals surface area contributed by atoms with E-state index in [9.17, 15) is 4.79 Å². The molecule has 1 heterocycles. The van der Waals surface area contributed by atoms with Gasteiger partial charge in [0, 0.05) is 11.8 Å². The Labute approximate surface area is 107 Å². The van der Waals surface area contributed by atoms with Gasteiger partial charge < -0.3 is 11.1 Å². The molecule has 2 atom stereocenters. The second kappa shape index (κ2) is 6.45. The fourth-order valence-corrected chi connectivity index (χ4v) is 3.47. The van der Waals surface area contributed by atoms with E-state index < -0.39 is 0 Å². The van der Waals surface area contributed by atoms with Gasteiger partial charge >= 0.3 is 0 Å². The molecular weight excluding hydrogens is 240 g/mol. The first kappa shape index (κ1) is 13.8. The maximum Gasteiger partial charge on any atom is 0.230 e. The van der Waals surface area contributed by atoms with Crippen LogP contribution in [0, 0.1) is 11.8 Å². The molecule has 1 rings (SSSR count). The van der Waals surface area contributed by atoms with Gasteiger partial charge in [-0.05, 0) is 24.5 Å². The predicted octanol–water partition coefficient (Wildman–Crippen LogP) is 1.56. The number of amides is 1. The van der Waals surface area contributed by atoms with Gasteiger partial charge in [-0.15, -0.1) is 0 Å². The molecule has 0 bridgehead atoms. The number of carbonyl (C=O) groups excluding carboxylic acids is 1. The van der Waals surface area contributed by atoms with Crippen LogP contribution in [0.5, 0.6) is 0 Å². The van der Waals surface area contributed by atoms with Gasteiger partial charge in [0.2, 0.25) is 5.91 Å². The summed E-state index contributed by atoms with van der Waals surface area (Å²) in [5, 5.41) is 3.53. The average Bonchev–Trinajstić information content (AvgIpc) is 2.65. The van der Waals surface area contributed by atoms with Crippen molar-refractivity contribution in [3.63, 3.8) is 0 Å². The predicted molar refractivity (Wildman–Crippen MR) is 73.6 cm³/mol. The summed E-state index contributed by atoms with van der Waals surface area (Å²) in [6, 6.07) is 0. The van der Waals surface area contributed by atoms with Crippen molar-refractivity contribution in [2.24, 2.45) is 17.6 Å². The van der Waals surface area contributed by atoms with Crippen LogP contribution in [-0.4, -0.2) is 28.4 Å². The molecule has 5 heteroatoms. The topological polar surface area (TPSA) is 55.1 Å². The Morgan fingerprint density at radius 1 is 1.62 bits per heavy atom. The molecule has 0 aliphatic carbocycles. The molecule has 0 aromatic heterocycles. The first-order valence-electron chi connectivity index (χ1n) is 5.71. The van der Waals surface area contributed by atoms with Crippen LogP contribution in [0.3, 0.4) is 0 Å². The smallest absolute Gasteiger partial charge is 0.230 e. The van der Waals surface area contributed by atoms with E-state index in [2.05, 4.69) is 5.32 Å². The summed E-state index contributed by atoms with van der Waals surface area (Å²) in [6.07, 6.45) is 2.46. The molecule has 3 N–H and O–H groups in total. The number of thiocarbonyl (C=S) groups is 1. The highest BCUT2D eigenvalue weighted by Crippen LogP contribution is 2.25. The van der Waals surface area contributed by atoms with Gasteiger partial charge in [-0.1, -0.05) is 26.1 Å². The average molecular weight is 260 g/mol. The van der Waals surface area contributed by atoms with Crippen LogP contribution in [0.1, 0.15) is 26.7 Å². The molecule has 1 saturated heterocycles. The molecule has 3 nitrogen and oxygen atoms in total. The molecule has 1 aliphatic heterocycles. The van der Waals surface area contributed by atoms with Gasteiger partial charge in [0.15, 0.2) is 0 Å². The van der Waals surface area contributed by atoms with E-state index in [-0.39, 0.29) is 17.7 Å². The van der Waals surface area contributed by atoms with Crippen molar-refractivity contribution in [1.29, 1.82) is 0 Å². The van der Waals surface area contributed by atoms with Crippen LogP contribution in [-0.2, 0) is 4.79 Å². The van der Waals surface area contributed by atoms with Crippen molar-refractivity contribution in [2.45, 2.75) is 31.9 Å². The molecule has 0 aromatic carbocycles. The molecular formula is C11H20N2OS2. The minimum Gasteiger partial charge on any atom is -0.393 e. The molecule has 0 radical (unpaired) electrons. The Morgan fingerprint density at radius 3 is 2.75 bits per heavy atom. The first-order chi connectivity index (χ1) is 7.52. The van der Waals surface area contributed by atoms with E-state index in [1.54, 1.807) is 0 Å². The molecule has 1 fully saturated rings. The number of rotatable bonds is 5. The Kier molecular flexibility index (Phi) is 5.55. The summed E-state index contributed by atoms with van der Waals surface area (Å²) >= 11 is 6.86. The van der Waals surface area contributed by atoms with Gasteiger partial charge in [0.1, 0.15) is 0 Å². The molecule has 0 aromatic rings. The lowest BCUT2D eigenvalue weighted by Crippen LogP contribution is -2.42. The fraction of sp³-hybridized carbons (Fsp3) is 0.818. The Bertz CT molecular complexity index is 263. The molecule has 0 spiro atoms. The summed E-state index contributed by atoms with van der Waals surface area (Å²) in [7, 11) is 0. The number of nitrogens with two attached hydrogens (primary N) is 1. The maximum atomic E-state index is 11.9. The lowest BCUT2D eigenvalue weighted by Gasteiger charge is -2.20. The summed E-state index contributed by atoms with van der Waals surface area (Å²) in [5.74, 6) is 1.02. The quantitative estimate of drug-likeness (QED) is 0.737. The van der Waals surface area contributed by atoms with Crippen molar-refractivity contribution in [3.05, 3.63) is 0 Å². The highest BCUT2D eigenvalue weighted by atomic mass is 32.2. The third-order valence-corrected chi connectivity index (χ3v) is 4.44. The summed E-state index contributed by atoms with van der Waals surface area (Å²) < 4.78 is 0. The lowest BCUT2D eigenvalue weighted by atomic mass is 9.95. The first-order valence-corrected chi connectivity index (χ1v) is 7.16. The minimum absolute atomic E-state index is 0.0185. The Hall–Kier alpha value is -0.290. The Morgan fingerprint density at radius 2 is 2.31 bits per heavy atom. The van der Waals surface area contributed by atoms with Crippen LogP contribution in [0.4, 0.5) is 0 Å². The molecule has 92 valence electrons. The van der Waals surface area contributed by atoms with Gasteiger partial charge in [-0.2, -0.15) is 11.8 Å². The Balaban J connectivity index is 2.39. The van der Waals surface area contributed by atoms with E-state index >= 15 is 0 Å². The second-order valence-corrected chi connectivity index (χ2v) is 6.38. The van der Waals surface area contributed by atoms with Gasteiger partial charge in [0.25, 0.3) is 0 Å². The standard InChI is InChI=1S/C11H20N2OS2/c1-7(2)9(10(12)15)11(14)13-6-8-4-3-5-16-8/h7-9H,3-6H2,1-2H3,(H2,12,15)(H,13,14). The SMILES string of the molecule is CC(C)C(C(=O)NCC1CCCS1)C(N)=S. The van der Waals surface area contributed by atoms with E-state index in [0.29, 0.717) is 10.2 Å². The van der Waals surface area contributed by atoms with Crippen LogP contribution in [0.15, 0.2) is 0 Å². The number of carbonyl (C=O) groups is 1. The zero-order chi connectivity index (χ0) is 12.1. The van der Waals surface area contributed by atoms with Crippen molar-refractivity contribution >= 4 is 34.9 Å². The van der Waals surface area contributed by atoms with Crippen molar-refractivity contribution < 1.29 is 4.79 Å². The van der Waals surface area contributed by atoms with Crippen molar-refractivity contribution in [2.75, 3.05) is 12.3 Å².